The summed E-state index contributed by atoms with van der Waals surface area (Å²) in [6.45, 7) is 5.35. The molecule has 1 aliphatic heterocycles. The predicted octanol–water partition coefficient (Wildman–Crippen LogP) is 5.48. The summed E-state index contributed by atoms with van der Waals surface area (Å²) in [5.41, 5.74) is 2.36. The topological polar surface area (TPSA) is 65.7 Å². The van der Waals surface area contributed by atoms with Crippen LogP contribution in [0.2, 0.25) is 5.02 Å². The lowest BCUT2D eigenvalue weighted by Gasteiger charge is -2.09. The maximum atomic E-state index is 12.5. The molecular formula is C21H15ClO5. The van der Waals surface area contributed by atoms with Crippen molar-refractivity contribution in [1.29, 1.82) is 0 Å². The van der Waals surface area contributed by atoms with Crippen LogP contribution in [0.1, 0.15) is 40.3 Å². The van der Waals surface area contributed by atoms with Gasteiger partial charge in [-0.2, -0.15) is 0 Å². The van der Waals surface area contributed by atoms with Gasteiger partial charge in [0.2, 0.25) is 11.5 Å². The molecule has 1 aromatic heterocycles. The molecule has 0 saturated heterocycles. The van der Waals surface area contributed by atoms with Crippen LogP contribution in [0.4, 0.5) is 0 Å². The number of carbonyl (C=O) groups is 2. The van der Waals surface area contributed by atoms with E-state index in [1.165, 1.54) is 0 Å². The molecule has 2 aromatic carbocycles. The molecule has 0 radical (unpaired) electrons. The first-order valence-electron chi connectivity index (χ1n) is 8.30. The Morgan fingerprint density at radius 3 is 2.63 bits per heavy atom. The number of ether oxygens (including phenoxy) is 2. The number of rotatable bonds is 2. The largest absolute Gasteiger partial charge is 0.452 e. The summed E-state index contributed by atoms with van der Waals surface area (Å²) in [5.74, 6) is 0.287. The summed E-state index contributed by atoms with van der Waals surface area (Å²) < 4.78 is 16.7. The number of carbonyl (C=O) groups excluding carboxylic acids is 2. The average molecular weight is 383 g/mol. The summed E-state index contributed by atoms with van der Waals surface area (Å²) in [5, 5.41) is 1.26. The second-order valence-electron chi connectivity index (χ2n) is 6.51. The second kappa shape index (κ2) is 6.28. The molecule has 136 valence electrons. The minimum atomic E-state index is -0.642. The number of furan rings is 1. The summed E-state index contributed by atoms with van der Waals surface area (Å²) in [4.78, 5) is 24.8. The van der Waals surface area contributed by atoms with Crippen molar-refractivity contribution in [3.8, 4) is 11.5 Å². The van der Waals surface area contributed by atoms with Gasteiger partial charge in [-0.15, -0.1) is 0 Å². The number of fused-ring (bicyclic) bond motifs is 2. The molecule has 6 heteroatoms. The van der Waals surface area contributed by atoms with E-state index in [-0.39, 0.29) is 11.5 Å². The van der Waals surface area contributed by atoms with Gasteiger partial charge in [-0.05, 0) is 62.7 Å². The van der Waals surface area contributed by atoms with Crippen LogP contribution in [-0.4, -0.2) is 11.8 Å². The number of Topliss-reactive ketones (excluding diaryl/α,β-unsaturated/α-hetero) is 1. The lowest BCUT2D eigenvalue weighted by Crippen LogP contribution is -2.08. The minimum Gasteiger partial charge on any atom is -0.452 e. The highest BCUT2D eigenvalue weighted by molar-refractivity contribution is 6.31. The molecule has 1 aliphatic rings. The maximum Gasteiger partial charge on any atom is 0.379 e. The Morgan fingerprint density at radius 1 is 1.11 bits per heavy atom. The first kappa shape index (κ1) is 17.4. The summed E-state index contributed by atoms with van der Waals surface area (Å²) in [7, 11) is 0. The van der Waals surface area contributed by atoms with Crippen molar-refractivity contribution in [3.63, 3.8) is 0 Å². The number of esters is 1. The van der Waals surface area contributed by atoms with Crippen molar-refractivity contribution in [2.75, 3.05) is 0 Å². The Kier molecular flexibility index (Phi) is 4.04. The van der Waals surface area contributed by atoms with Crippen molar-refractivity contribution in [1.82, 2.24) is 0 Å². The van der Waals surface area contributed by atoms with E-state index >= 15 is 0 Å². The normalized spacial score (nSPS) is 12.9. The molecule has 0 bridgehead atoms. The van der Waals surface area contributed by atoms with Crippen molar-refractivity contribution >= 4 is 34.3 Å². The summed E-state index contributed by atoms with van der Waals surface area (Å²) in [6.07, 6.45) is 0. The highest BCUT2D eigenvalue weighted by Crippen LogP contribution is 2.39. The van der Waals surface area contributed by atoms with Crippen LogP contribution in [0.25, 0.3) is 11.0 Å². The number of halogens is 1. The van der Waals surface area contributed by atoms with Gasteiger partial charge in [0, 0.05) is 16.0 Å². The van der Waals surface area contributed by atoms with Crippen LogP contribution >= 0.6 is 11.6 Å². The van der Waals surface area contributed by atoms with Crippen LogP contribution in [0, 0.1) is 6.92 Å². The van der Waals surface area contributed by atoms with Crippen molar-refractivity contribution in [2.24, 2.45) is 0 Å². The van der Waals surface area contributed by atoms with Crippen LogP contribution < -0.4 is 9.47 Å². The van der Waals surface area contributed by atoms with E-state index in [0.29, 0.717) is 44.4 Å². The van der Waals surface area contributed by atoms with E-state index in [2.05, 4.69) is 0 Å². The number of hydrogen-bond acceptors (Lipinski definition) is 5. The molecule has 0 aliphatic carbocycles. The first-order valence-corrected chi connectivity index (χ1v) is 8.68. The molecule has 3 aromatic rings. The van der Waals surface area contributed by atoms with Gasteiger partial charge in [0.15, 0.2) is 5.76 Å². The van der Waals surface area contributed by atoms with Crippen molar-refractivity contribution in [3.05, 3.63) is 69.6 Å². The minimum absolute atomic E-state index is 0.0640. The molecule has 27 heavy (non-hydrogen) atoms. The van der Waals surface area contributed by atoms with Crippen LogP contribution in [-0.2, 0) is 0 Å². The molecule has 0 spiro atoms. The molecule has 0 fully saturated rings. The molecule has 0 saturated carbocycles. The van der Waals surface area contributed by atoms with E-state index in [4.69, 9.17) is 25.5 Å². The van der Waals surface area contributed by atoms with E-state index in [1.807, 2.05) is 13.8 Å². The molecule has 0 amide bonds. The predicted molar refractivity (Wildman–Crippen MR) is 101 cm³/mol. The van der Waals surface area contributed by atoms with Crippen molar-refractivity contribution in [2.45, 2.75) is 20.8 Å². The standard InChI is InChI=1S/C21H15ClO5/c1-10(2)19-18(23)14-5-7-15(11(3)20(14)27-19)26-21(24)17-9-12-8-13(22)4-6-16(12)25-17/h4-9H,1-3H3. The Bertz CT molecular complexity index is 1150. The Hall–Kier alpha value is -3.05. The van der Waals surface area contributed by atoms with Gasteiger partial charge >= 0.3 is 5.97 Å². The summed E-state index contributed by atoms with van der Waals surface area (Å²) in [6, 6.07) is 9.84. The van der Waals surface area contributed by atoms with Crippen LogP contribution in [0.3, 0.4) is 0 Å². The average Bonchev–Trinajstić information content (AvgIpc) is 3.19. The van der Waals surface area contributed by atoms with Crippen LogP contribution in [0.5, 0.6) is 11.5 Å². The monoisotopic (exact) mass is 382 g/mol. The number of benzene rings is 2. The quantitative estimate of drug-likeness (QED) is 0.333. The zero-order valence-electron chi connectivity index (χ0n) is 14.9. The van der Waals surface area contributed by atoms with Gasteiger partial charge in [0.05, 0.1) is 5.56 Å². The smallest absolute Gasteiger partial charge is 0.379 e. The third-order valence-electron chi connectivity index (χ3n) is 4.35. The fraction of sp³-hybridized carbons (Fsp3) is 0.143. The van der Waals surface area contributed by atoms with Gasteiger partial charge in [0.25, 0.3) is 0 Å². The maximum absolute atomic E-state index is 12.5. The third-order valence-corrected chi connectivity index (χ3v) is 4.58. The third kappa shape index (κ3) is 2.90. The van der Waals surface area contributed by atoms with Gasteiger partial charge in [0.1, 0.15) is 17.1 Å². The zero-order chi connectivity index (χ0) is 19.3. The molecule has 0 unspecified atom stereocenters. The second-order valence-corrected chi connectivity index (χ2v) is 6.94. The Labute approximate surface area is 160 Å². The molecular weight excluding hydrogens is 368 g/mol. The van der Waals surface area contributed by atoms with Gasteiger partial charge < -0.3 is 13.9 Å². The van der Waals surface area contributed by atoms with Crippen LogP contribution in [0.15, 0.2) is 52.1 Å². The fourth-order valence-corrected chi connectivity index (χ4v) is 3.14. The summed E-state index contributed by atoms with van der Waals surface area (Å²) >= 11 is 5.95. The highest BCUT2D eigenvalue weighted by atomic mass is 35.5. The van der Waals surface area contributed by atoms with E-state index in [0.717, 1.165) is 5.57 Å². The number of allylic oxidation sites excluding steroid dienone is 2. The molecule has 2 heterocycles. The molecule has 4 rings (SSSR count). The molecule has 0 N–H and O–H groups in total. The van der Waals surface area contributed by atoms with E-state index < -0.39 is 5.97 Å². The van der Waals surface area contributed by atoms with Gasteiger partial charge in [-0.25, -0.2) is 4.79 Å². The zero-order valence-corrected chi connectivity index (χ0v) is 15.6. The SMILES string of the molecule is CC(C)=C1Oc2c(ccc(OC(=O)c3cc4cc(Cl)ccc4o3)c2C)C1=O. The van der Waals surface area contributed by atoms with E-state index in [1.54, 1.807) is 43.3 Å². The fourth-order valence-electron chi connectivity index (χ4n) is 2.96. The molecule has 0 atom stereocenters. The highest BCUT2D eigenvalue weighted by Gasteiger charge is 2.31. The lowest BCUT2D eigenvalue weighted by molar-refractivity contribution is 0.0702. The first-order chi connectivity index (χ1) is 12.8. The Balaban J connectivity index is 1.65. The number of ketones is 1. The lowest BCUT2D eigenvalue weighted by atomic mass is 10.1. The van der Waals surface area contributed by atoms with Gasteiger partial charge in [-0.3, -0.25) is 4.79 Å². The number of hydrogen-bond donors (Lipinski definition) is 0. The molecule has 5 nitrogen and oxygen atoms in total. The van der Waals surface area contributed by atoms with Gasteiger partial charge in [-0.1, -0.05) is 11.6 Å². The Morgan fingerprint density at radius 2 is 1.89 bits per heavy atom. The van der Waals surface area contributed by atoms with E-state index in [9.17, 15) is 9.59 Å². The van der Waals surface area contributed by atoms with Crippen molar-refractivity contribution < 1.29 is 23.5 Å².